The molecular weight excluding hydrogens is 409 g/mol. The van der Waals surface area contributed by atoms with Crippen molar-refractivity contribution in [3.05, 3.63) is 91.0 Å². The highest BCUT2D eigenvalue weighted by Crippen LogP contribution is 2.55. The number of hydrogen-bond acceptors (Lipinski definition) is 3. The second-order valence-corrected chi connectivity index (χ2v) is 11.0. The van der Waals surface area contributed by atoms with Crippen molar-refractivity contribution in [1.82, 2.24) is 0 Å². The van der Waals surface area contributed by atoms with E-state index in [9.17, 15) is 9.36 Å². The summed E-state index contributed by atoms with van der Waals surface area (Å²) in [6.07, 6.45) is 1.91. The van der Waals surface area contributed by atoms with Crippen LogP contribution in [0.5, 0.6) is 0 Å². The summed E-state index contributed by atoms with van der Waals surface area (Å²) in [7, 11) is -3.10. The average Bonchev–Trinajstić information content (AvgIpc) is 2.80. The predicted molar refractivity (Wildman–Crippen MR) is 129 cm³/mol. The fourth-order valence-electron chi connectivity index (χ4n) is 4.31. The molecule has 3 aromatic rings. The summed E-state index contributed by atoms with van der Waals surface area (Å²) in [4.78, 5) is 13.6. The van der Waals surface area contributed by atoms with E-state index in [0.29, 0.717) is 17.8 Å². The molecule has 1 saturated carbocycles. The third-order valence-electron chi connectivity index (χ3n) is 5.73. The number of carbonyl (C=O) groups is 1. The summed E-state index contributed by atoms with van der Waals surface area (Å²) >= 11 is 5.73. The van der Waals surface area contributed by atoms with Gasteiger partial charge in [-0.3, -0.25) is 4.79 Å². The number of ketones is 1. The molecule has 1 fully saturated rings. The predicted octanol–water partition coefficient (Wildman–Crippen LogP) is 5.18. The lowest BCUT2D eigenvalue weighted by Gasteiger charge is -2.37. The lowest BCUT2D eigenvalue weighted by molar-refractivity contribution is -0.122. The molecule has 2 unspecified atom stereocenters. The molecule has 3 aromatic carbocycles. The molecule has 1 aliphatic rings. The van der Waals surface area contributed by atoms with Crippen molar-refractivity contribution in [3.8, 4) is 0 Å². The summed E-state index contributed by atoms with van der Waals surface area (Å²) in [6.45, 7) is 0. The first-order valence-corrected chi connectivity index (χ1v) is 12.4. The summed E-state index contributed by atoms with van der Waals surface area (Å²) < 4.78 is 14.8. The maximum absolute atomic E-state index is 14.8. The van der Waals surface area contributed by atoms with Crippen LogP contribution in [0, 0.1) is 5.92 Å². The SMILES string of the molecule is O=C1CCCC(P(=O)(c2ccccc2)c2ccccc2)C1C(=S)Nc1ccccc1. The quantitative estimate of drug-likeness (QED) is 0.445. The number of thiocarbonyl (C=S) groups is 1. The Labute approximate surface area is 182 Å². The monoisotopic (exact) mass is 433 g/mol. The van der Waals surface area contributed by atoms with Gasteiger partial charge in [0.1, 0.15) is 12.9 Å². The summed E-state index contributed by atoms with van der Waals surface area (Å²) in [5.74, 6) is -0.494. The molecule has 0 bridgehead atoms. The second kappa shape index (κ2) is 9.07. The zero-order valence-electron chi connectivity index (χ0n) is 16.6. The topological polar surface area (TPSA) is 46.2 Å². The van der Waals surface area contributed by atoms with Gasteiger partial charge in [-0.1, -0.05) is 91.1 Å². The Morgan fingerprint density at radius 1 is 0.833 bits per heavy atom. The zero-order valence-corrected chi connectivity index (χ0v) is 18.3. The molecule has 1 N–H and O–H groups in total. The van der Waals surface area contributed by atoms with Crippen molar-refractivity contribution in [2.75, 3.05) is 5.32 Å². The van der Waals surface area contributed by atoms with Gasteiger partial charge in [0.05, 0.1) is 10.9 Å². The maximum Gasteiger partial charge on any atom is 0.147 e. The van der Waals surface area contributed by atoms with E-state index < -0.39 is 13.1 Å². The molecule has 5 heteroatoms. The van der Waals surface area contributed by atoms with Crippen molar-refractivity contribution < 1.29 is 9.36 Å². The van der Waals surface area contributed by atoms with E-state index in [2.05, 4.69) is 5.32 Å². The van der Waals surface area contributed by atoms with Gasteiger partial charge < -0.3 is 9.88 Å². The third kappa shape index (κ3) is 4.03. The van der Waals surface area contributed by atoms with Crippen LogP contribution in [0.4, 0.5) is 5.69 Å². The molecular formula is C25H24NO2PS. The van der Waals surface area contributed by atoms with E-state index >= 15 is 0 Å². The van der Waals surface area contributed by atoms with Crippen molar-refractivity contribution in [2.45, 2.75) is 24.9 Å². The summed E-state index contributed by atoms with van der Waals surface area (Å²) in [6, 6.07) is 28.7. The van der Waals surface area contributed by atoms with Crippen molar-refractivity contribution in [1.29, 1.82) is 0 Å². The van der Waals surface area contributed by atoms with Gasteiger partial charge in [-0.15, -0.1) is 0 Å². The van der Waals surface area contributed by atoms with Crippen LogP contribution in [0.15, 0.2) is 91.0 Å². The Bertz CT molecular complexity index is 1030. The molecule has 1 aliphatic carbocycles. The molecule has 0 aromatic heterocycles. The largest absolute Gasteiger partial charge is 0.349 e. The minimum atomic E-state index is -3.10. The van der Waals surface area contributed by atoms with Gasteiger partial charge in [-0.2, -0.15) is 0 Å². The number of anilines is 1. The van der Waals surface area contributed by atoms with Gasteiger partial charge in [0.25, 0.3) is 0 Å². The Hall–Kier alpha value is -2.55. The fourth-order valence-corrected chi connectivity index (χ4v) is 8.40. The molecule has 0 aliphatic heterocycles. The van der Waals surface area contributed by atoms with Gasteiger partial charge in [0.2, 0.25) is 0 Å². The van der Waals surface area contributed by atoms with Gasteiger partial charge in [0.15, 0.2) is 0 Å². The van der Waals surface area contributed by atoms with Crippen molar-refractivity contribution >= 4 is 46.4 Å². The van der Waals surface area contributed by atoms with E-state index in [1.807, 2.05) is 91.0 Å². The molecule has 3 nitrogen and oxygen atoms in total. The molecule has 0 saturated heterocycles. The molecule has 0 radical (unpaired) electrons. The van der Waals surface area contributed by atoms with Crippen LogP contribution in [0.3, 0.4) is 0 Å². The number of carbonyl (C=O) groups excluding carboxylic acids is 1. The Balaban J connectivity index is 1.79. The van der Waals surface area contributed by atoms with Crippen molar-refractivity contribution in [3.63, 3.8) is 0 Å². The summed E-state index contributed by atoms with van der Waals surface area (Å²) in [5.41, 5.74) is 0.487. The molecule has 0 spiro atoms. The maximum atomic E-state index is 14.8. The number of para-hydroxylation sites is 1. The molecule has 2 atom stereocenters. The summed E-state index contributed by atoms with van der Waals surface area (Å²) in [5, 5.41) is 4.80. The first-order chi connectivity index (χ1) is 14.6. The van der Waals surface area contributed by atoms with Gasteiger partial charge >= 0.3 is 0 Å². The number of hydrogen-bond donors (Lipinski definition) is 1. The number of benzene rings is 3. The van der Waals surface area contributed by atoms with Crippen LogP contribution in [0.1, 0.15) is 19.3 Å². The van der Waals surface area contributed by atoms with Crippen LogP contribution in [-0.4, -0.2) is 16.4 Å². The van der Waals surface area contributed by atoms with Crippen LogP contribution in [0.2, 0.25) is 0 Å². The lowest BCUT2D eigenvalue weighted by atomic mass is 9.87. The second-order valence-electron chi connectivity index (χ2n) is 7.59. The first-order valence-electron chi connectivity index (χ1n) is 10.2. The highest BCUT2D eigenvalue weighted by Gasteiger charge is 2.47. The zero-order chi connectivity index (χ0) is 21.0. The van der Waals surface area contributed by atoms with Gasteiger partial charge in [-0.05, 0) is 25.0 Å². The lowest BCUT2D eigenvalue weighted by Crippen LogP contribution is -2.44. The third-order valence-corrected chi connectivity index (χ3v) is 9.70. The van der Waals surface area contributed by atoms with Crippen LogP contribution >= 0.6 is 19.4 Å². The number of Topliss-reactive ketones (excluding diaryl/α,β-unsaturated/α-hetero) is 1. The van der Waals surface area contributed by atoms with Crippen LogP contribution in [0.25, 0.3) is 0 Å². The van der Waals surface area contributed by atoms with E-state index in [1.165, 1.54) is 0 Å². The van der Waals surface area contributed by atoms with E-state index in [4.69, 9.17) is 12.2 Å². The molecule has 0 amide bonds. The standard InChI is InChI=1S/C25H24NO2PS/c27-22-17-10-18-23(24(22)25(30)26-19-11-4-1-5-12-19)29(28,20-13-6-2-7-14-20)21-15-8-3-9-16-21/h1-9,11-16,23-24H,10,17-18H2,(H,26,30). The highest BCUT2D eigenvalue weighted by molar-refractivity contribution is 7.81. The first kappa shape index (κ1) is 20.7. The molecule has 152 valence electrons. The van der Waals surface area contributed by atoms with E-state index in [-0.39, 0.29) is 11.4 Å². The van der Waals surface area contributed by atoms with E-state index in [0.717, 1.165) is 22.7 Å². The molecule has 0 heterocycles. The Morgan fingerprint density at radius 2 is 1.33 bits per heavy atom. The fraction of sp³-hybridized carbons (Fsp3) is 0.200. The smallest absolute Gasteiger partial charge is 0.147 e. The molecule has 30 heavy (non-hydrogen) atoms. The van der Waals surface area contributed by atoms with E-state index in [1.54, 1.807) is 0 Å². The number of rotatable bonds is 5. The normalized spacial score (nSPS) is 19.3. The highest BCUT2D eigenvalue weighted by atomic mass is 32.1. The van der Waals surface area contributed by atoms with Crippen LogP contribution in [-0.2, 0) is 9.36 Å². The average molecular weight is 434 g/mol. The van der Waals surface area contributed by atoms with Crippen molar-refractivity contribution in [2.24, 2.45) is 5.92 Å². The van der Waals surface area contributed by atoms with Gasteiger partial charge in [0, 0.05) is 28.4 Å². The van der Waals surface area contributed by atoms with Crippen LogP contribution < -0.4 is 15.9 Å². The Morgan fingerprint density at radius 3 is 1.87 bits per heavy atom. The minimum Gasteiger partial charge on any atom is -0.349 e. The number of nitrogens with one attached hydrogen (secondary N) is 1. The minimum absolute atomic E-state index is 0.0757. The van der Waals surface area contributed by atoms with Gasteiger partial charge in [-0.25, -0.2) is 0 Å². The Kier molecular flexibility index (Phi) is 6.26. The molecule has 4 rings (SSSR count).